The van der Waals surface area contributed by atoms with Crippen molar-refractivity contribution in [2.45, 2.75) is 93.9 Å². The minimum absolute atomic E-state index is 0.117. The Kier molecular flexibility index (Phi) is 11.7. The summed E-state index contributed by atoms with van der Waals surface area (Å²) in [5.41, 5.74) is 30.1. The maximum atomic E-state index is 4.45. The van der Waals surface area contributed by atoms with Crippen molar-refractivity contribution in [1.82, 2.24) is 0 Å². The van der Waals surface area contributed by atoms with Gasteiger partial charge in [-0.3, -0.25) is 0 Å². The van der Waals surface area contributed by atoms with E-state index in [1.807, 2.05) is 6.92 Å². The van der Waals surface area contributed by atoms with Crippen LogP contribution < -0.4 is 4.90 Å². The topological polar surface area (TPSA) is 3.24 Å². The van der Waals surface area contributed by atoms with Gasteiger partial charge >= 0.3 is 0 Å². The van der Waals surface area contributed by atoms with Crippen molar-refractivity contribution in [1.29, 1.82) is 0 Å². The standard InChI is InChI=1S/C66H65N/c1-14-15-16-43(4)48(9)51-25-33-57-55-31-23-49(37-60(55)65(10,11)62(57)39-51)44(5)21-22-45(6)50-24-32-56-58-34-26-52(40-63(58)66(12,13)61(56)38-50)59-35-47(8)64(36-46(59)7)67(53-27-17-41(2)18-28-53)54-29-19-42(3)20-30-54/h14-40H,9H2,1-8,10-13H3. The highest BCUT2D eigenvalue weighted by atomic mass is 15.1. The molecule has 0 aliphatic heterocycles. The highest BCUT2D eigenvalue weighted by molar-refractivity contribution is 5.89. The van der Waals surface area contributed by atoms with E-state index in [2.05, 4.69) is 251 Å². The minimum Gasteiger partial charge on any atom is -0.310 e. The number of hydrogen-bond donors (Lipinski definition) is 0. The first-order valence-electron chi connectivity index (χ1n) is 24.0. The van der Waals surface area contributed by atoms with E-state index < -0.39 is 0 Å². The second-order valence-corrected chi connectivity index (χ2v) is 20.3. The first-order chi connectivity index (χ1) is 32.0. The number of aryl methyl sites for hydroxylation is 4. The molecule has 7 aromatic carbocycles. The van der Waals surface area contributed by atoms with Crippen LogP contribution in [0.5, 0.6) is 0 Å². The van der Waals surface area contributed by atoms with Crippen molar-refractivity contribution in [3.63, 3.8) is 0 Å². The number of allylic oxidation sites excluding steroid dienone is 9. The first kappa shape index (κ1) is 45.2. The molecule has 2 aliphatic carbocycles. The fourth-order valence-electron chi connectivity index (χ4n) is 10.5. The van der Waals surface area contributed by atoms with Crippen molar-refractivity contribution in [2.75, 3.05) is 4.90 Å². The summed E-state index contributed by atoms with van der Waals surface area (Å²) >= 11 is 0. The Balaban J connectivity index is 0.970. The molecule has 0 aromatic heterocycles. The van der Waals surface area contributed by atoms with Gasteiger partial charge in [0.1, 0.15) is 0 Å². The SMILES string of the molecule is C=C(C(C)=CC=CC)c1ccc2c(c1)C(C)(C)c1cc(C(C)=CC=C(C)c3ccc4c(c3)C(C)(C)c3cc(-c5cc(C)c(N(c6ccc(C)cc6)c6ccc(C)cc6)cc5C)ccc3-4)ccc1-2. The van der Waals surface area contributed by atoms with E-state index in [1.165, 1.54) is 117 Å². The molecule has 0 N–H and O–H groups in total. The lowest BCUT2D eigenvalue weighted by atomic mass is 9.80. The average Bonchev–Trinajstić information content (AvgIpc) is 3.69. The molecule has 0 saturated carbocycles. The Morgan fingerprint density at radius 2 is 0.896 bits per heavy atom. The van der Waals surface area contributed by atoms with Crippen LogP contribution in [0.25, 0.3) is 50.1 Å². The number of rotatable bonds is 10. The summed E-state index contributed by atoms with van der Waals surface area (Å²) in [4.78, 5) is 2.39. The van der Waals surface area contributed by atoms with Gasteiger partial charge in [0, 0.05) is 27.9 Å². The highest BCUT2D eigenvalue weighted by Gasteiger charge is 2.37. The molecular formula is C66H65N. The van der Waals surface area contributed by atoms with Gasteiger partial charge in [0.05, 0.1) is 0 Å². The summed E-state index contributed by atoms with van der Waals surface area (Å²) in [7, 11) is 0. The summed E-state index contributed by atoms with van der Waals surface area (Å²) in [5, 5.41) is 0. The molecule has 0 saturated heterocycles. The Hall–Kier alpha value is -6.96. The molecule has 0 amide bonds. The molecule has 7 aromatic rings. The number of anilines is 3. The molecule has 334 valence electrons. The molecule has 0 bridgehead atoms. The lowest BCUT2D eigenvalue weighted by Crippen LogP contribution is -2.15. The van der Waals surface area contributed by atoms with E-state index in [1.54, 1.807) is 0 Å². The summed E-state index contributed by atoms with van der Waals surface area (Å²) in [6.07, 6.45) is 10.9. The molecule has 0 fully saturated rings. The molecule has 0 spiro atoms. The predicted octanol–water partition coefficient (Wildman–Crippen LogP) is 18.7. The van der Waals surface area contributed by atoms with Gasteiger partial charge in [-0.25, -0.2) is 0 Å². The van der Waals surface area contributed by atoms with Crippen LogP contribution in [0.15, 0.2) is 176 Å². The second-order valence-electron chi connectivity index (χ2n) is 20.3. The Bertz CT molecular complexity index is 3200. The van der Waals surface area contributed by atoms with Gasteiger partial charge in [-0.05, 0) is 222 Å². The van der Waals surface area contributed by atoms with E-state index in [0.29, 0.717) is 0 Å². The number of benzene rings is 7. The van der Waals surface area contributed by atoms with Crippen molar-refractivity contribution in [2.24, 2.45) is 0 Å². The third-order valence-corrected chi connectivity index (χ3v) is 14.9. The zero-order valence-electron chi connectivity index (χ0n) is 41.7. The predicted molar refractivity (Wildman–Crippen MR) is 292 cm³/mol. The average molecular weight is 872 g/mol. The van der Waals surface area contributed by atoms with E-state index >= 15 is 0 Å². The molecule has 0 unspecified atom stereocenters. The van der Waals surface area contributed by atoms with Gasteiger partial charge in [0.2, 0.25) is 0 Å². The van der Waals surface area contributed by atoms with E-state index in [9.17, 15) is 0 Å². The summed E-state index contributed by atoms with van der Waals surface area (Å²) < 4.78 is 0. The molecule has 9 rings (SSSR count). The van der Waals surface area contributed by atoms with Crippen LogP contribution in [0.2, 0.25) is 0 Å². The smallest absolute Gasteiger partial charge is 0.0493 e. The summed E-state index contributed by atoms with van der Waals surface area (Å²) in [6.45, 7) is 31.4. The Labute approximate surface area is 401 Å². The lowest BCUT2D eigenvalue weighted by Gasteiger charge is -2.28. The van der Waals surface area contributed by atoms with Crippen LogP contribution in [0.4, 0.5) is 17.1 Å². The van der Waals surface area contributed by atoms with Crippen molar-refractivity contribution in [3.8, 4) is 33.4 Å². The van der Waals surface area contributed by atoms with Gasteiger partial charge in [-0.1, -0.05) is 149 Å². The van der Waals surface area contributed by atoms with E-state index in [4.69, 9.17) is 0 Å². The molecule has 0 heterocycles. The van der Waals surface area contributed by atoms with Crippen LogP contribution in [0, 0.1) is 27.7 Å². The van der Waals surface area contributed by atoms with Crippen LogP contribution in [0.1, 0.15) is 117 Å². The molecule has 0 atom stereocenters. The zero-order chi connectivity index (χ0) is 47.5. The second kappa shape index (κ2) is 17.4. The maximum Gasteiger partial charge on any atom is 0.0493 e. The molecule has 1 nitrogen and oxygen atoms in total. The monoisotopic (exact) mass is 872 g/mol. The Morgan fingerprint density at radius 3 is 1.37 bits per heavy atom. The fourth-order valence-corrected chi connectivity index (χ4v) is 10.5. The van der Waals surface area contributed by atoms with Crippen molar-refractivity contribution in [3.05, 3.63) is 237 Å². The lowest BCUT2D eigenvalue weighted by molar-refractivity contribution is 0.660. The molecule has 67 heavy (non-hydrogen) atoms. The quantitative estimate of drug-likeness (QED) is 0.124. The molecule has 0 radical (unpaired) electrons. The Morgan fingerprint density at radius 1 is 0.463 bits per heavy atom. The van der Waals surface area contributed by atoms with Crippen LogP contribution in [0.3, 0.4) is 0 Å². The number of nitrogens with zero attached hydrogens (tertiary/aromatic N) is 1. The third kappa shape index (κ3) is 8.10. The van der Waals surface area contributed by atoms with Gasteiger partial charge in [-0.2, -0.15) is 0 Å². The van der Waals surface area contributed by atoms with E-state index in [-0.39, 0.29) is 10.8 Å². The van der Waals surface area contributed by atoms with Crippen LogP contribution >= 0.6 is 0 Å². The van der Waals surface area contributed by atoms with Gasteiger partial charge in [-0.15, -0.1) is 0 Å². The fraction of sp³-hybridized carbons (Fsp3) is 0.212. The van der Waals surface area contributed by atoms with Crippen molar-refractivity contribution >= 4 is 33.8 Å². The van der Waals surface area contributed by atoms with E-state index in [0.717, 1.165) is 16.9 Å². The number of hydrogen-bond acceptors (Lipinski definition) is 1. The van der Waals surface area contributed by atoms with Gasteiger partial charge < -0.3 is 4.90 Å². The van der Waals surface area contributed by atoms with Crippen molar-refractivity contribution < 1.29 is 0 Å². The summed E-state index contributed by atoms with van der Waals surface area (Å²) in [5.74, 6) is 0. The molecular weight excluding hydrogens is 807 g/mol. The van der Waals surface area contributed by atoms with Gasteiger partial charge in [0.25, 0.3) is 0 Å². The first-order valence-corrected chi connectivity index (χ1v) is 24.0. The normalized spacial score (nSPS) is 14.8. The maximum absolute atomic E-state index is 4.45. The largest absolute Gasteiger partial charge is 0.310 e. The summed E-state index contributed by atoms with van der Waals surface area (Å²) in [6, 6.07) is 50.7. The third-order valence-electron chi connectivity index (χ3n) is 14.9. The minimum atomic E-state index is -0.149. The number of fused-ring (bicyclic) bond motifs is 6. The molecule has 1 heteroatoms. The highest BCUT2D eigenvalue weighted by Crippen LogP contribution is 2.52. The van der Waals surface area contributed by atoms with Crippen LogP contribution in [-0.2, 0) is 10.8 Å². The van der Waals surface area contributed by atoms with Crippen LogP contribution in [-0.4, -0.2) is 0 Å². The van der Waals surface area contributed by atoms with Gasteiger partial charge in [0.15, 0.2) is 0 Å². The zero-order valence-corrected chi connectivity index (χ0v) is 41.7. The molecule has 2 aliphatic rings.